The third-order valence-electron chi connectivity index (χ3n) is 3.01. The summed E-state index contributed by atoms with van der Waals surface area (Å²) in [6.07, 6.45) is 2.83. The molecular formula is C13H24N2O3. The smallest absolute Gasteiger partial charge is 0.319 e. The third kappa shape index (κ3) is 4.94. The van der Waals surface area contributed by atoms with Crippen molar-refractivity contribution in [2.75, 3.05) is 20.1 Å². The number of nitrogens with zero attached hydrogens (tertiary/aromatic N) is 2. The summed E-state index contributed by atoms with van der Waals surface area (Å²) in [7, 11) is 1.75. The summed E-state index contributed by atoms with van der Waals surface area (Å²) in [5.41, 5.74) is 0. The lowest BCUT2D eigenvalue weighted by Crippen LogP contribution is -2.44. The molecule has 1 rings (SSSR count). The Morgan fingerprint density at radius 1 is 1.33 bits per heavy atom. The Bertz CT molecular complexity index is 301. The number of hydrogen-bond donors (Lipinski definition) is 1. The van der Waals surface area contributed by atoms with Crippen molar-refractivity contribution in [2.45, 2.75) is 45.6 Å². The van der Waals surface area contributed by atoms with Crippen LogP contribution >= 0.6 is 0 Å². The molecule has 18 heavy (non-hydrogen) atoms. The van der Waals surface area contributed by atoms with Crippen LogP contribution < -0.4 is 0 Å². The molecule has 5 nitrogen and oxygen atoms in total. The van der Waals surface area contributed by atoms with Gasteiger partial charge in [-0.25, -0.2) is 4.79 Å². The van der Waals surface area contributed by atoms with E-state index in [1.807, 2.05) is 4.90 Å². The Kier molecular flexibility index (Phi) is 5.44. The van der Waals surface area contributed by atoms with E-state index >= 15 is 0 Å². The van der Waals surface area contributed by atoms with Gasteiger partial charge < -0.3 is 14.9 Å². The van der Waals surface area contributed by atoms with Gasteiger partial charge in [-0.05, 0) is 25.2 Å². The highest BCUT2D eigenvalue weighted by Gasteiger charge is 2.34. The molecule has 0 saturated heterocycles. The second kappa shape index (κ2) is 6.61. The first-order valence-corrected chi connectivity index (χ1v) is 6.65. The van der Waals surface area contributed by atoms with Crippen LogP contribution in [0.2, 0.25) is 0 Å². The minimum atomic E-state index is -0.808. The number of carbonyl (C=O) groups is 2. The summed E-state index contributed by atoms with van der Waals surface area (Å²) >= 11 is 0. The van der Waals surface area contributed by atoms with Crippen molar-refractivity contribution >= 4 is 12.0 Å². The largest absolute Gasteiger partial charge is 0.481 e. The summed E-state index contributed by atoms with van der Waals surface area (Å²) in [6, 6.07) is 0.443. The van der Waals surface area contributed by atoms with Crippen LogP contribution in [0.15, 0.2) is 0 Å². The van der Waals surface area contributed by atoms with E-state index in [1.165, 1.54) is 0 Å². The molecule has 1 fully saturated rings. The summed E-state index contributed by atoms with van der Waals surface area (Å²) < 4.78 is 0. The SMILES string of the molecule is CC(C)CN(C(=O)N(C)CCCC(=O)O)C1CC1. The third-order valence-corrected chi connectivity index (χ3v) is 3.01. The number of carbonyl (C=O) groups excluding carboxylic acids is 1. The van der Waals surface area contributed by atoms with Crippen molar-refractivity contribution in [1.29, 1.82) is 0 Å². The maximum atomic E-state index is 12.2. The van der Waals surface area contributed by atoms with Gasteiger partial charge in [0.05, 0.1) is 0 Å². The summed E-state index contributed by atoms with van der Waals surface area (Å²) in [4.78, 5) is 26.3. The van der Waals surface area contributed by atoms with Gasteiger partial charge in [0.1, 0.15) is 0 Å². The standard InChI is InChI=1S/C13H24N2O3/c1-10(2)9-15(11-6-7-11)13(18)14(3)8-4-5-12(16)17/h10-11H,4-9H2,1-3H3,(H,16,17). The quantitative estimate of drug-likeness (QED) is 0.758. The Hall–Kier alpha value is -1.26. The first kappa shape index (κ1) is 14.8. The number of amides is 2. The molecule has 1 N–H and O–H groups in total. The van der Waals surface area contributed by atoms with Gasteiger partial charge in [0.2, 0.25) is 0 Å². The Balaban J connectivity index is 2.41. The van der Waals surface area contributed by atoms with E-state index in [0.717, 1.165) is 19.4 Å². The van der Waals surface area contributed by atoms with Gasteiger partial charge in [-0.1, -0.05) is 13.8 Å². The van der Waals surface area contributed by atoms with Crippen molar-refractivity contribution < 1.29 is 14.7 Å². The fraction of sp³-hybridized carbons (Fsp3) is 0.846. The number of aliphatic carboxylic acids is 1. The molecule has 0 spiro atoms. The van der Waals surface area contributed by atoms with Crippen LogP contribution in [-0.4, -0.2) is 53.1 Å². The van der Waals surface area contributed by atoms with Gasteiger partial charge >= 0.3 is 12.0 Å². The lowest BCUT2D eigenvalue weighted by atomic mass is 10.2. The number of urea groups is 1. The molecule has 0 aromatic carbocycles. The molecule has 1 aliphatic carbocycles. The zero-order chi connectivity index (χ0) is 13.7. The average molecular weight is 256 g/mol. The van der Waals surface area contributed by atoms with Crippen molar-refractivity contribution in [3.05, 3.63) is 0 Å². The van der Waals surface area contributed by atoms with Crippen molar-refractivity contribution in [2.24, 2.45) is 5.92 Å². The summed E-state index contributed by atoms with van der Waals surface area (Å²) in [5, 5.41) is 8.58. The van der Waals surface area contributed by atoms with Crippen LogP contribution in [0.1, 0.15) is 39.5 Å². The monoisotopic (exact) mass is 256 g/mol. The maximum absolute atomic E-state index is 12.2. The second-order valence-electron chi connectivity index (χ2n) is 5.48. The lowest BCUT2D eigenvalue weighted by Gasteiger charge is -2.29. The Morgan fingerprint density at radius 3 is 2.39 bits per heavy atom. The average Bonchev–Trinajstić information content (AvgIpc) is 3.07. The van der Waals surface area contributed by atoms with E-state index in [2.05, 4.69) is 13.8 Å². The summed E-state index contributed by atoms with van der Waals surface area (Å²) in [5.74, 6) is -0.348. The number of carboxylic acids is 1. The van der Waals surface area contributed by atoms with Crippen LogP contribution in [0.3, 0.4) is 0 Å². The van der Waals surface area contributed by atoms with Crippen LogP contribution in [-0.2, 0) is 4.79 Å². The molecule has 2 amide bonds. The molecule has 0 aromatic rings. The maximum Gasteiger partial charge on any atom is 0.319 e. The summed E-state index contributed by atoms with van der Waals surface area (Å²) in [6.45, 7) is 5.50. The van der Waals surface area contributed by atoms with Crippen molar-refractivity contribution in [1.82, 2.24) is 9.80 Å². The highest BCUT2D eigenvalue weighted by atomic mass is 16.4. The molecule has 0 radical (unpaired) electrons. The van der Waals surface area contributed by atoms with Gasteiger partial charge in [0.15, 0.2) is 0 Å². The molecule has 0 heterocycles. The number of carboxylic acid groups (broad SMARTS) is 1. The van der Waals surface area contributed by atoms with Crippen LogP contribution in [0.5, 0.6) is 0 Å². The fourth-order valence-corrected chi connectivity index (χ4v) is 1.95. The molecule has 104 valence electrons. The van der Waals surface area contributed by atoms with E-state index in [0.29, 0.717) is 24.9 Å². The zero-order valence-electron chi connectivity index (χ0n) is 11.6. The Labute approximate surface area is 109 Å². The molecular weight excluding hydrogens is 232 g/mol. The molecule has 0 atom stereocenters. The van der Waals surface area contributed by atoms with Crippen molar-refractivity contribution in [3.63, 3.8) is 0 Å². The highest BCUT2D eigenvalue weighted by molar-refractivity contribution is 5.75. The van der Waals surface area contributed by atoms with Crippen LogP contribution in [0, 0.1) is 5.92 Å². The fourth-order valence-electron chi connectivity index (χ4n) is 1.95. The van der Waals surface area contributed by atoms with E-state index in [1.54, 1.807) is 11.9 Å². The van der Waals surface area contributed by atoms with Crippen LogP contribution in [0.4, 0.5) is 4.79 Å². The first-order chi connectivity index (χ1) is 8.41. The van der Waals surface area contributed by atoms with E-state index in [-0.39, 0.29) is 12.5 Å². The Morgan fingerprint density at radius 2 is 1.94 bits per heavy atom. The lowest BCUT2D eigenvalue weighted by molar-refractivity contribution is -0.137. The minimum Gasteiger partial charge on any atom is -0.481 e. The highest BCUT2D eigenvalue weighted by Crippen LogP contribution is 2.28. The van der Waals surface area contributed by atoms with E-state index in [9.17, 15) is 9.59 Å². The number of hydrogen-bond acceptors (Lipinski definition) is 2. The molecule has 0 unspecified atom stereocenters. The predicted octanol–water partition coefficient (Wildman–Crippen LogP) is 2.02. The number of rotatable bonds is 7. The molecule has 5 heteroatoms. The van der Waals surface area contributed by atoms with Gasteiger partial charge in [0, 0.05) is 32.6 Å². The minimum absolute atomic E-state index is 0.0385. The van der Waals surface area contributed by atoms with E-state index < -0.39 is 5.97 Å². The van der Waals surface area contributed by atoms with Crippen molar-refractivity contribution in [3.8, 4) is 0 Å². The second-order valence-corrected chi connectivity index (χ2v) is 5.48. The van der Waals surface area contributed by atoms with Crippen LogP contribution in [0.25, 0.3) is 0 Å². The molecule has 1 aliphatic rings. The zero-order valence-corrected chi connectivity index (χ0v) is 11.6. The first-order valence-electron chi connectivity index (χ1n) is 6.65. The predicted molar refractivity (Wildman–Crippen MR) is 69.5 cm³/mol. The van der Waals surface area contributed by atoms with Gasteiger partial charge in [-0.15, -0.1) is 0 Å². The van der Waals surface area contributed by atoms with Gasteiger partial charge in [-0.3, -0.25) is 4.79 Å². The molecule has 0 bridgehead atoms. The van der Waals surface area contributed by atoms with Gasteiger partial charge in [0.25, 0.3) is 0 Å². The topological polar surface area (TPSA) is 60.9 Å². The molecule has 0 aliphatic heterocycles. The molecule has 1 saturated carbocycles. The molecule has 0 aromatic heterocycles. The normalized spacial score (nSPS) is 14.7. The van der Waals surface area contributed by atoms with Gasteiger partial charge in [-0.2, -0.15) is 0 Å². The van der Waals surface area contributed by atoms with E-state index in [4.69, 9.17) is 5.11 Å².